The number of amides is 1. The van der Waals surface area contributed by atoms with Gasteiger partial charge in [-0.3, -0.25) is 4.79 Å². The molecule has 0 aliphatic heterocycles. The number of carboxylic acid groups (broad SMARTS) is 1. The van der Waals surface area contributed by atoms with Gasteiger partial charge >= 0.3 is 5.97 Å². The lowest BCUT2D eigenvalue weighted by Crippen LogP contribution is -2.40. The van der Waals surface area contributed by atoms with E-state index in [0.717, 1.165) is 11.3 Å². The molecule has 0 saturated carbocycles. The highest BCUT2D eigenvalue weighted by Crippen LogP contribution is 2.13. The number of carbonyl (C=O) groups is 2. The lowest BCUT2D eigenvalue weighted by Gasteiger charge is -2.12. The van der Waals surface area contributed by atoms with Crippen molar-refractivity contribution in [2.45, 2.75) is 32.2 Å². The summed E-state index contributed by atoms with van der Waals surface area (Å²) in [6, 6.07) is 6.66. The van der Waals surface area contributed by atoms with E-state index in [4.69, 9.17) is 9.84 Å². The van der Waals surface area contributed by atoms with Crippen molar-refractivity contribution in [3.63, 3.8) is 0 Å². The highest BCUT2D eigenvalue weighted by Gasteiger charge is 2.17. The summed E-state index contributed by atoms with van der Waals surface area (Å²) >= 11 is 0. The molecule has 0 spiro atoms. The van der Waals surface area contributed by atoms with Crippen LogP contribution in [0.3, 0.4) is 0 Å². The topological polar surface area (TPSA) is 75.6 Å². The van der Waals surface area contributed by atoms with E-state index >= 15 is 0 Å². The summed E-state index contributed by atoms with van der Waals surface area (Å²) in [4.78, 5) is 22.4. The van der Waals surface area contributed by atoms with E-state index in [2.05, 4.69) is 5.32 Å². The number of carbonyl (C=O) groups excluding carboxylic acids is 1. The first-order valence-corrected chi connectivity index (χ1v) is 6.22. The summed E-state index contributed by atoms with van der Waals surface area (Å²) < 4.78 is 5.10. The third-order valence-electron chi connectivity index (χ3n) is 2.82. The molecule has 5 nitrogen and oxygen atoms in total. The summed E-state index contributed by atoms with van der Waals surface area (Å²) in [5.41, 5.74) is 0.984. The summed E-state index contributed by atoms with van der Waals surface area (Å²) in [5.74, 6) is -0.510. The van der Waals surface area contributed by atoms with Gasteiger partial charge in [-0.25, -0.2) is 4.79 Å². The third-order valence-corrected chi connectivity index (χ3v) is 2.82. The van der Waals surface area contributed by atoms with Crippen LogP contribution in [0.4, 0.5) is 0 Å². The Kier molecular flexibility index (Phi) is 5.85. The lowest BCUT2D eigenvalue weighted by atomic mass is 10.1. The first kappa shape index (κ1) is 15.0. The minimum Gasteiger partial charge on any atom is -0.497 e. The van der Waals surface area contributed by atoms with Crippen LogP contribution in [0.15, 0.2) is 24.3 Å². The predicted octanol–water partition coefficient (Wildman–Crippen LogP) is 1.61. The van der Waals surface area contributed by atoms with Crippen molar-refractivity contribution in [3.05, 3.63) is 29.8 Å². The number of nitrogens with one attached hydrogen (secondary N) is 1. The van der Waals surface area contributed by atoms with Crippen LogP contribution in [-0.2, 0) is 16.0 Å². The van der Waals surface area contributed by atoms with E-state index < -0.39 is 12.0 Å². The summed E-state index contributed by atoms with van der Waals surface area (Å²) in [6.45, 7) is 1.72. The third kappa shape index (κ3) is 4.99. The van der Waals surface area contributed by atoms with E-state index in [1.165, 1.54) is 0 Å². The quantitative estimate of drug-likeness (QED) is 0.785. The number of carboxylic acids is 1. The van der Waals surface area contributed by atoms with Gasteiger partial charge in [-0.15, -0.1) is 0 Å². The average Bonchev–Trinajstić information content (AvgIpc) is 2.42. The number of hydrogen-bond donors (Lipinski definition) is 2. The van der Waals surface area contributed by atoms with Gasteiger partial charge in [-0.1, -0.05) is 19.1 Å². The minimum atomic E-state index is -1.00. The molecule has 0 heterocycles. The smallest absolute Gasteiger partial charge is 0.326 e. The molecular weight excluding hydrogens is 246 g/mol. The molecular formula is C14H19NO4. The van der Waals surface area contributed by atoms with Gasteiger partial charge in [-0.2, -0.15) is 0 Å². The maximum absolute atomic E-state index is 11.6. The molecule has 0 aliphatic rings. The molecule has 0 aromatic heterocycles. The highest BCUT2D eigenvalue weighted by atomic mass is 16.5. The molecule has 1 aromatic rings. The molecule has 104 valence electrons. The van der Waals surface area contributed by atoms with E-state index in [9.17, 15) is 9.59 Å². The Morgan fingerprint density at radius 3 is 2.74 bits per heavy atom. The largest absolute Gasteiger partial charge is 0.497 e. The number of aryl methyl sites for hydroxylation is 1. The fraction of sp³-hybridized carbons (Fsp3) is 0.429. The molecule has 2 N–H and O–H groups in total. The zero-order chi connectivity index (χ0) is 14.3. The van der Waals surface area contributed by atoms with Crippen molar-refractivity contribution in [3.8, 4) is 5.75 Å². The Morgan fingerprint density at radius 2 is 2.16 bits per heavy atom. The summed E-state index contributed by atoms with van der Waals surface area (Å²) in [7, 11) is 1.59. The molecule has 0 bridgehead atoms. The molecule has 1 aromatic carbocycles. The van der Waals surface area contributed by atoms with E-state index in [1.54, 1.807) is 14.0 Å². The first-order valence-electron chi connectivity index (χ1n) is 6.22. The van der Waals surface area contributed by atoms with Crippen molar-refractivity contribution in [2.75, 3.05) is 7.11 Å². The molecule has 1 amide bonds. The second-order valence-corrected chi connectivity index (χ2v) is 4.22. The predicted molar refractivity (Wildman–Crippen MR) is 71.2 cm³/mol. The Bertz CT molecular complexity index is 445. The van der Waals surface area contributed by atoms with Crippen molar-refractivity contribution >= 4 is 11.9 Å². The van der Waals surface area contributed by atoms with E-state index in [-0.39, 0.29) is 12.3 Å². The molecule has 1 atom stereocenters. The lowest BCUT2D eigenvalue weighted by molar-refractivity contribution is -0.141. The van der Waals surface area contributed by atoms with Crippen molar-refractivity contribution in [2.24, 2.45) is 0 Å². The maximum Gasteiger partial charge on any atom is 0.326 e. The van der Waals surface area contributed by atoms with Gasteiger partial charge in [0, 0.05) is 6.42 Å². The van der Waals surface area contributed by atoms with Gasteiger partial charge in [0.15, 0.2) is 0 Å². The van der Waals surface area contributed by atoms with Crippen LogP contribution in [0, 0.1) is 0 Å². The fourth-order valence-electron chi connectivity index (χ4n) is 1.69. The van der Waals surface area contributed by atoms with Gasteiger partial charge in [0.05, 0.1) is 7.11 Å². The van der Waals surface area contributed by atoms with Gasteiger partial charge in [0.1, 0.15) is 11.8 Å². The van der Waals surface area contributed by atoms with Crippen molar-refractivity contribution in [1.82, 2.24) is 5.32 Å². The molecule has 5 heteroatoms. The van der Waals surface area contributed by atoms with E-state index in [0.29, 0.717) is 12.8 Å². The number of ether oxygens (including phenoxy) is 1. The van der Waals surface area contributed by atoms with Gasteiger partial charge < -0.3 is 15.2 Å². The van der Waals surface area contributed by atoms with E-state index in [1.807, 2.05) is 24.3 Å². The Balaban J connectivity index is 2.47. The van der Waals surface area contributed by atoms with Crippen LogP contribution in [0.5, 0.6) is 5.75 Å². The first-order chi connectivity index (χ1) is 9.06. The zero-order valence-electron chi connectivity index (χ0n) is 11.2. The second-order valence-electron chi connectivity index (χ2n) is 4.22. The SMILES string of the molecule is CC[C@@H](NC(=O)CCc1cccc(OC)c1)C(=O)O. The Hall–Kier alpha value is -2.04. The number of methoxy groups -OCH3 is 1. The van der Waals surface area contributed by atoms with Crippen molar-refractivity contribution in [1.29, 1.82) is 0 Å². The number of hydrogen-bond acceptors (Lipinski definition) is 3. The number of benzene rings is 1. The van der Waals surface area contributed by atoms with Crippen LogP contribution < -0.4 is 10.1 Å². The molecule has 1 rings (SSSR count). The van der Waals surface area contributed by atoms with Crippen LogP contribution >= 0.6 is 0 Å². The number of rotatable bonds is 7. The summed E-state index contributed by atoms with van der Waals surface area (Å²) in [5, 5.41) is 11.3. The standard InChI is InChI=1S/C14H19NO4/c1-3-12(14(17)18)15-13(16)8-7-10-5-4-6-11(9-10)19-2/h4-6,9,12H,3,7-8H2,1-2H3,(H,15,16)(H,17,18)/t12-/m1/s1. The molecule has 0 unspecified atom stereocenters. The minimum absolute atomic E-state index is 0.253. The van der Waals surface area contributed by atoms with Crippen molar-refractivity contribution < 1.29 is 19.4 Å². The zero-order valence-corrected chi connectivity index (χ0v) is 11.2. The van der Waals surface area contributed by atoms with Gasteiger partial charge in [0.2, 0.25) is 5.91 Å². The van der Waals surface area contributed by atoms with Crippen LogP contribution in [0.1, 0.15) is 25.3 Å². The molecule has 0 saturated heterocycles. The Morgan fingerprint density at radius 1 is 1.42 bits per heavy atom. The number of aliphatic carboxylic acids is 1. The molecule has 0 radical (unpaired) electrons. The van der Waals surface area contributed by atoms with Gasteiger partial charge in [0.25, 0.3) is 0 Å². The second kappa shape index (κ2) is 7.41. The van der Waals surface area contributed by atoms with Crippen LogP contribution in [-0.4, -0.2) is 30.1 Å². The molecule has 19 heavy (non-hydrogen) atoms. The average molecular weight is 265 g/mol. The van der Waals surface area contributed by atoms with Crippen LogP contribution in [0.2, 0.25) is 0 Å². The fourth-order valence-corrected chi connectivity index (χ4v) is 1.69. The highest BCUT2D eigenvalue weighted by molar-refractivity contribution is 5.83. The monoisotopic (exact) mass is 265 g/mol. The Labute approximate surface area is 112 Å². The normalized spacial score (nSPS) is 11.7. The van der Waals surface area contributed by atoms with Crippen LogP contribution in [0.25, 0.3) is 0 Å². The maximum atomic E-state index is 11.6. The van der Waals surface area contributed by atoms with Gasteiger partial charge in [-0.05, 0) is 30.5 Å². The summed E-state index contributed by atoms with van der Waals surface area (Å²) in [6.07, 6.45) is 1.19. The molecule has 0 fully saturated rings. The molecule has 0 aliphatic carbocycles.